The van der Waals surface area contributed by atoms with Gasteiger partial charge in [-0.25, -0.2) is 0 Å². The van der Waals surface area contributed by atoms with E-state index < -0.39 is 6.61 Å². The van der Waals surface area contributed by atoms with Crippen molar-refractivity contribution in [3.05, 3.63) is 36.2 Å². The highest BCUT2D eigenvalue weighted by molar-refractivity contribution is 5.36. The SMILES string of the molecule is [CH2]CCc1ccc(OC(F)F)c(C)c1. The zero-order chi connectivity index (χ0) is 10.6. The summed E-state index contributed by atoms with van der Waals surface area (Å²) in [5.41, 5.74) is 1.83. The first-order chi connectivity index (χ1) is 6.63. The van der Waals surface area contributed by atoms with Crippen LogP contribution in [0.5, 0.6) is 5.75 Å². The first-order valence-corrected chi connectivity index (χ1v) is 4.47. The highest BCUT2D eigenvalue weighted by Gasteiger charge is 2.06. The van der Waals surface area contributed by atoms with Gasteiger partial charge in [0.05, 0.1) is 0 Å². The Hall–Kier alpha value is -1.12. The van der Waals surface area contributed by atoms with Gasteiger partial charge >= 0.3 is 6.61 Å². The van der Waals surface area contributed by atoms with Crippen LogP contribution in [0.2, 0.25) is 0 Å². The fraction of sp³-hybridized carbons (Fsp3) is 0.364. The molecule has 1 aromatic carbocycles. The van der Waals surface area contributed by atoms with Gasteiger partial charge in [-0.15, -0.1) is 0 Å². The van der Waals surface area contributed by atoms with Gasteiger partial charge < -0.3 is 4.74 Å². The minimum atomic E-state index is -2.76. The molecule has 0 bridgehead atoms. The molecule has 0 unspecified atom stereocenters. The lowest BCUT2D eigenvalue weighted by atomic mass is 10.1. The van der Waals surface area contributed by atoms with Gasteiger partial charge in [0.15, 0.2) is 0 Å². The Morgan fingerprint density at radius 3 is 2.64 bits per heavy atom. The molecular weight excluding hydrogens is 186 g/mol. The fourth-order valence-electron chi connectivity index (χ4n) is 1.30. The third-order valence-corrected chi connectivity index (χ3v) is 1.92. The third kappa shape index (κ3) is 2.98. The first kappa shape index (κ1) is 11.0. The lowest BCUT2D eigenvalue weighted by Gasteiger charge is -2.09. The second kappa shape index (κ2) is 4.94. The minimum absolute atomic E-state index is 0.243. The molecule has 77 valence electrons. The van der Waals surface area contributed by atoms with Crippen molar-refractivity contribution in [3.8, 4) is 5.75 Å². The maximum atomic E-state index is 11.9. The molecule has 0 spiro atoms. The molecule has 0 aliphatic rings. The maximum Gasteiger partial charge on any atom is 0.387 e. The van der Waals surface area contributed by atoms with Crippen molar-refractivity contribution >= 4 is 0 Å². The predicted octanol–water partition coefficient (Wildman–Crippen LogP) is 3.36. The van der Waals surface area contributed by atoms with Gasteiger partial charge in [0, 0.05) is 0 Å². The van der Waals surface area contributed by atoms with E-state index >= 15 is 0 Å². The van der Waals surface area contributed by atoms with E-state index in [2.05, 4.69) is 11.7 Å². The molecule has 0 fully saturated rings. The van der Waals surface area contributed by atoms with Crippen molar-refractivity contribution in [1.29, 1.82) is 0 Å². The van der Waals surface area contributed by atoms with Crippen LogP contribution < -0.4 is 4.74 Å². The maximum absolute atomic E-state index is 11.9. The Labute approximate surface area is 82.7 Å². The summed E-state index contributed by atoms with van der Waals surface area (Å²) in [4.78, 5) is 0. The second-order valence-corrected chi connectivity index (χ2v) is 3.08. The van der Waals surface area contributed by atoms with E-state index in [-0.39, 0.29) is 5.75 Å². The molecule has 1 nitrogen and oxygen atoms in total. The number of halogens is 2. The number of hydrogen-bond acceptors (Lipinski definition) is 1. The van der Waals surface area contributed by atoms with Crippen LogP contribution >= 0.6 is 0 Å². The van der Waals surface area contributed by atoms with Crippen molar-refractivity contribution in [1.82, 2.24) is 0 Å². The summed E-state index contributed by atoms with van der Waals surface area (Å²) < 4.78 is 28.2. The van der Waals surface area contributed by atoms with Gasteiger partial charge in [-0.05, 0) is 37.0 Å². The van der Waals surface area contributed by atoms with Crippen LogP contribution in [0.25, 0.3) is 0 Å². The Balaban J connectivity index is 2.79. The lowest BCUT2D eigenvalue weighted by molar-refractivity contribution is -0.0503. The molecule has 0 heterocycles. The number of rotatable bonds is 4. The monoisotopic (exact) mass is 199 g/mol. The zero-order valence-corrected chi connectivity index (χ0v) is 8.09. The highest BCUT2D eigenvalue weighted by Crippen LogP contribution is 2.21. The average molecular weight is 199 g/mol. The molecule has 14 heavy (non-hydrogen) atoms. The summed E-state index contributed by atoms with van der Waals surface area (Å²) >= 11 is 0. The van der Waals surface area contributed by atoms with Gasteiger partial charge in [0.2, 0.25) is 0 Å². The molecule has 0 aromatic heterocycles. The van der Waals surface area contributed by atoms with Gasteiger partial charge in [0.1, 0.15) is 5.75 Å². The molecule has 1 rings (SSSR count). The third-order valence-electron chi connectivity index (χ3n) is 1.92. The smallest absolute Gasteiger partial charge is 0.387 e. The van der Waals surface area contributed by atoms with Crippen LogP contribution in [0, 0.1) is 13.8 Å². The predicted molar refractivity (Wildman–Crippen MR) is 51.5 cm³/mol. The summed E-state index contributed by atoms with van der Waals surface area (Å²) in [6.07, 6.45) is 1.66. The van der Waals surface area contributed by atoms with Crippen LogP contribution in [-0.2, 0) is 6.42 Å². The van der Waals surface area contributed by atoms with Crippen molar-refractivity contribution in [3.63, 3.8) is 0 Å². The number of aryl methyl sites for hydroxylation is 2. The van der Waals surface area contributed by atoms with Gasteiger partial charge in [-0.3, -0.25) is 0 Å². The molecule has 0 atom stereocenters. The van der Waals surface area contributed by atoms with E-state index in [4.69, 9.17) is 0 Å². The second-order valence-electron chi connectivity index (χ2n) is 3.08. The van der Waals surface area contributed by atoms with Gasteiger partial charge in [-0.2, -0.15) is 8.78 Å². The zero-order valence-electron chi connectivity index (χ0n) is 8.09. The normalized spacial score (nSPS) is 10.6. The van der Waals surface area contributed by atoms with E-state index in [1.165, 1.54) is 0 Å². The number of benzene rings is 1. The Kier molecular flexibility index (Phi) is 3.86. The Morgan fingerprint density at radius 2 is 2.14 bits per heavy atom. The standard InChI is InChI=1S/C11H13F2O/c1-3-4-9-5-6-10(8(2)7-9)14-11(12)13/h5-7,11H,1,3-4H2,2H3. The Bertz CT molecular complexity index is 297. The summed E-state index contributed by atoms with van der Waals surface area (Å²) in [6, 6.07) is 5.21. The summed E-state index contributed by atoms with van der Waals surface area (Å²) in [6.45, 7) is 2.73. The quantitative estimate of drug-likeness (QED) is 0.722. The largest absolute Gasteiger partial charge is 0.435 e. The number of ether oxygens (including phenoxy) is 1. The summed E-state index contributed by atoms with van der Waals surface area (Å²) in [5, 5.41) is 0. The van der Waals surface area contributed by atoms with E-state index in [0.29, 0.717) is 0 Å². The van der Waals surface area contributed by atoms with Crippen LogP contribution in [0.4, 0.5) is 8.78 Å². The molecule has 0 saturated heterocycles. The van der Waals surface area contributed by atoms with Crippen LogP contribution in [0.1, 0.15) is 17.5 Å². The van der Waals surface area contributed by atoms with Crippen molar-refractivity contribution in [2.24, 2.45) is 0 Å². The highest BCUT2D eigenvalue weighted by atomic mass is 19.3. The molecule has 1 radical (unpaired) electrons. The molecule has 0 saturated carbocycles. The van der Waals surface area contributed by atoms with Crippen LogP contribution in [0.15, 0.2) is 18.2 Å². The molecule has 0 aliphatic carbocycles. The van der Waals surface area contributed by atoms with Crippen molar-refractivity contribution in [2.75, 3.05) is 0 Å². The summed E-state index contributed by atoms with van der Waals surface area (Å²) in [7, 11) is 0. The molecule has 3 heteroatoms. The van der Waals surface area contributed by atoms with Gasteiger partial charge in [0.25, 0.3) is 0 Å². The van der Waals surface area contributed by atoms with E-state index in [1.807, 2.05) is 6.07 Å². The number of alkyl halides is 2. The van der Waals surface area contributed by atoms with Gasteiger partial charge in [-0.1, -0.05) is 19.1 Å². The van der Waals surface area contributed by atoms with E-state index in [1.54, 1.807) is 19.1 Å². The van der Waals surface area contributed by atoms with Crippen LogP contribution in [0.3, 0.4) is 0 Å². The molecule has 0 amide bonds. The molecule has 1 aromatic rings. The summed E-state index contributed by atoms with van der Waals surface area (Å²) in [5.74, 6) is 0.243. The lowest BCUT2D eigenvalue weighted by Crippen LogP contribution is -2.03. The molecule has 0 N–H and O–H groups in total. The topological polar surface area (TPSA) is 9.23 Å². The van der Waals surface area contributed by atoms with E-state index in [9.17, 15) is 8.78 Å². The molecule has 0 aliphatic heterocycles. The Morgan fingerprint density at radius 1 is 1.43 bits per heavy atom. The van der Waals surface area contributed by atoms with Crippen molar-refractivity contribution in [2.45, 2.75) is 26.4 Å². The van der Waals surface area contributed by atoms with Crippen molar-refractivity contribution < 1.29 is 13.5 Å². The van der Waals surface area contributed by atoms with E-state index in [0.717, 1.165) is 24.0 Å². The molecular formula is C11H13F2O. The van der Waals surface area contributed by atoms with Crippen LogP contribution in [-0.4, -0.2) is 6.61 Å². The fourth-order valence-corrected chi connectivity index (χ4v) is 1.30. The first-order valence-electron chi connectivity index (χ1n) is 4.47. The minimum Gasteiger partial charge on any atom is -0.435 e. The number of hydrogen-bond donors (Lipinski definition) is 0. The average Bonchev–Trinajstić information content (AvgIpc) is 2.10.